The molecule has 42 heavy (non-hydrogen) atoms. The van der Waals surface area contributed by atoms with Gasteiger partial charge >= 0.3 is 0 Å². The summed E-state index contributed by atoms with van der Waals surface area (Å²) in [5.41, 5.74) is 0.662. The van der Waals surface area contributed by atoms with Crippen molar-refractivity contribution in [3.63, 3.8) is 0 Å². The maximum atomic E-state index is 14.1. The molecule has 1 N–H and O–H groups in total. The van der Waals surface area contributed by atoms with Gasteiger partial charge in [-0.2, -0.15) is 0 Å². The fraction of sp³-hybridized carbons (Fsp3) is 0.355. The van der Waals surface area contributed by atoms with E-state index in [0.29, 0.717) is 15.6 Å². The summed E-state index contributed by atoms with van der Waals surface area (Å²) in [6.45, 7) is 1.13. The average Bonchev–Trinajstić information content (AvgIpc) is 2.98. The van der Waals surface area contributed by atoms with E-state index < -0.39 is 34.3 Å². The monoisotopic (exact) mass is 633 g/mol. The van der Waals surface area contributed by atoms with Crippen LogP contribution in [0.1, 0.15) is 51.0 Å². The zero-order chi connectivity index (χ0) is 30.3. The normalized spacial score (nSPS) is 14.7. The largest absolute Gasteiger partial charge is 0.352 e. The molecule has 2 amide bonds. The van der Waals surface area contributed by atoms with E-state index in [1.807, 2.05) is 0 Å². The Labute approximate surface area is 256 Å². The summed E-state index contributed by atoms with van der Waals surface area (Å²) in [5.74, 6) is -1.47. The van der Waals surface area contributed by atoms with Gasteiger partial charge in [-0.3, -0.25) is 13.9 Å². The molecule has 0 bridgehead atoms. The van der Waals surface area contributed by atoms with Gasteiger partial charge in [0, 0.05) is 22.6 Å². The number of hydrogen-bond donors (Lipinski definition) is 1. The molecule has 0 heterocycles. The second-order valence-corrected chi connectivity index (χ2v) is 13.0. The van der Waals surface area contributed by atoms with Crippen molar-refractivity contribution in [1.82, 2.24) is 10.2 Å². The number of halogens is 3. The summed E-state index contributed by atoms with van der Waals surface area (Å²) in [4.78, 5) is 29.1. The van der Waals surface area contributed by atoms with Crippen molar-refractivity contribution < 1.29 is 22.4 Å². The Morgan fingerprint density at radius 2 is 1.64 bits per heavy atom. The summed E-state index contributed by atoms with van der Waals surface area (Å²) in [6, 6.07) is 16.5. The number of sulfonamides is 1. The Balaban J connectivity index is 1.71. The van der Waals surface area contributed by atoms with E-state index in [0.717, 1.165) is 48.5 Å². The fourth-order valence-electron chi connectivity index (χ4n) is 5.15. The van der Waals surface area contributed by atoms with E-state index in [1.165, 1.54) is 29.2 Å². The van der Waals surface area contributed by atoms with Crippen LogP contribution in [0.25, 0.3) is 0 Å². The first-order valence-electron chi connectivity index (χ1n) is 14.0. The number of amides is 2. The third-order valence-corrected chi connectivity index (χ3v) is 9.79. The van der Waals surface area contributed by atoms with Crippen LogP contribution in [-0.2, 0) is 26.2 Å². The second kappa shape index (κ2) is 14.4. The lowest BCUT2D eigenvalue weighted by Crippen LogP contribution is -2.54. The van der Waals surface area contributed by atoms with Crippen LogP contribution in [0, 0.1) is 5.82 Å². The van der Waals surface area contributed by atoms with Crippen molar-refractivity contribution in [2.75, 3.05) is 10.8 Å². The van der Waals surface area contributed by atoms with Gasteiger partial charge in [-0.05, 0) is 73.4 Å². The molecule has 0 unspecified atom stereocenters. The van der Waals surface area contributed by atoms with Crippen molar-refractivity contribution in [3.05, 3.63) is 94.2 Å². The van der Waals surface area contributed by atoms with Crippen molar-refractivity contribution in [2.45, 2.75) is 69.0 Å². The minimum atomic E-state index is -4.24. The molecule has 1 atom stereocenters. The van der Waals surface area contributed by atoms with E-state index in [9.17, 15) is 22.4 Å². The van der Waals surface area contributed by atoms with E-state index in [2.05, 4.69) is 5.32 Å². The fourth-order valence-corrected chi connectivity index (χ4v) is 7.06. The van der Waals surface area contributed by atoms with E-state index in [-0.39, 0.29) is 35.5 Å². The molecule has 224 valence electrons. The highest BCUT2D eigenvalue weighted by atomic mass is 35.5. The molecule has 3 aromatic carbocycles. The van der Waals surface area contributed by atoms with Gasteiger partial charge in [0.1, 0.15) is 18.4 Å². The highest BCUT2D eigenvalue weighted by Crippen LogP contribution is 2.27. The highest BCUT2D eigenvalue weighted by molar-refractivity contribution is 7.92. The molecular weight excluding hydrogens is 600 g/mol. The van der Waals surface area contributed by atoms with Gasteiger partial charge in [-0.25, -0.2) is 12.8 Å². The minimum absolute atomic E-state index is 0.0190. The van der Waals surface area contributed by atoms with Crippen LogP contribution >= 0.6 is 23.2 Å². The quantitative estimate of drug-likeness (QED) is 0.258. The minimum Gasteiger partial charge on any atom is -0.352 e. The third kappa shape index (κ3) is 7.82. The molecule has 4 rings (SSSR count). The molecule has 1 aliphatic carbocycles. The zero-order valence-electron chi connectivity index (χ0n) is 23.3. The van der Waals surface area contributed by atoms with Gasteiger partial charge in [0.25, 0.3) is 10.0 Å². The molecule has 0 aliphatic heterocycles. The van der Waals surface area contributed by atoms with E-state index >= 15 is 0 Å². The van der Waals surface area contributed by atoms with Crippen LogP contribution in [0.4, 0.5) is 10.1 Å². The van der Waals surface area contributed by atoms with Gasteiger partial charge in [0.05, 0.1) is 10.6 Å². The Morgan fingerprint density at radius 1 is 0.976 bits per heavy atom. The average molecular weight is 635 g/mol. The summed E-state index contributed by atoms with van der Waals surface area (Å²) in [6.07, 6.45) is 5.19. The highest BCUT2D eigenvalue weighted by Gasteiger charge is 2.34. The van der Waals surface area contributed by atoms with Crippen LogP contribution in [0.2, 0.25) is 10.0 Å². The molecule has 3 aromatic rings. The standard InChI is InChI=1S/C31H34Cl2FN3O4S/c1-2-29(31(39)35-25-9-5-3-6-10-25)36(20-22-13-14-23(32)19-28(22)33)30(38)21-37(26-17-15-24(34)16-18-26)42(40,41)27-11-7-4-8-12-27/h4,7-8,11-19,25,29H,2-3,5-6,9-10,20-21H2,1H3,(H,35,39)/t29-/m1/s1. The van der Waals surface area contributed by atoms with E-state index in [1.54, 1.807) is 43.3 Å². The van der Waals surface area contributed by atoms with Gasteiger partial charge in [0.2, 0.25) is 11.8 Å². The lowest BCUT2D eigenvalue weighted by molar-refractivity contribution is -0.140. The number of carbonyl (C=O) groups is 2. The molecule has 7 nitrogen and oxygen atoms in total. The maximum absolute atomic E-state index is 14.1. The molecule has 0 radical (unpaired) electrons. The first-order valence-corrected chi connectivity index (χ1v) is 16.2. The van der Waals surface area contributed by atoms with Crippen LogP contribution in [0.3, 0.4) is 0 Å². The van der Waals surface area contributed by atoms with Crippen molar-refractivity contribution in [2.24, 2.45) is 0 Å². The Bertz CT molecular complexity index is 1480. The van der Waals surface area contributed by atoms with E-state index in [4.69, 9.17) is 23.2 Å². The summed E-state index contributed by atoms with van der Waals surface area (Å²) >= 11 is 12.6. The van der Waals surface area contributed by atoms with Gasteiger partial charge in [-0.1, -0.05) is 73.7 Å². The Kier molecular flexibility index (Phi) is 10.9. The molecule has 0 aromatic heterocycles. The number of nitrogens with zero attached hydrogens (tertiary/aromatic N) is 2. The number of rotatable bonds is 11. The molecule has 11 heteroatoms. The predicted octanol–water partition coefficient (Wildman–Crippen LogP) is 6.58. The lowest BCUT2D eigenvalue weighted by Gasteiger charge is -2.34. The zero-order valence-corrected chi connectivity index (χ0v) is 25.6. The van der Waals surface area contributed by atoms with Gasteiger partial charge < -0.3 is 10.2 Å². The smallest absolute Gasteiger partial charge is 0.264 e. The van der Waals surface area contributed by atoms with Crippen LogP contribution in [0.15, 0.2) is 77.7 Å². The molecule has 1 aliphatic rings. The van der Waals surface area contributed by atoms with Gasteiger partial charge in [0.15, 0.2) is 0 Å². The second-order valence-electron chi connectivity index (χ2n) is 10.3. The predicted molar refractivity (Wildman–Crippen MR) is 163 cm³/mol. The Morgan fingerprint density at radius 3 is 2.26 bits per heavy atom. The number of nitrogens with one attached hydrogen (secondary N) is 1. The number of hydrogen-bond acceptors (Lipinski definition) is 4. The topological polar surface area (TPSA) is 86.8 Å². The number of benzene rings is 3. The molecule has 0 spiro atoms. The summed E-state index contributed by atoms with van der Waals surface area (Å²) in [7, 11) is -4.24. The van der Waals surface area contributed by atoms with Crippen LogP contribution < -0.4 is 9.62 Å². The first kappa shape index (κ1) is 31.8. The molecule has 0 saturated heterocycles. The first-order chi connectivity index (χ1) is 20.1. The maximum Gasteiger partial charge on any atom is 0.264 e. The van der Waals surface area contributed by atoms with Crippen molar-refractivity contribution in [1.29, 1.82) is 0 Å². The molecule has 1 saturated carbocycles. The SMILES string of the molecule is CC[C@H](C(=O)NC1CCCCC1)N(Cc1ccc(Cl)cc1Cl)C(=O)CN(c1ccc(F)cc1)S(=O)(=O)c1ccccc1. The van der Waals surface area contributed by atoms with Crippen molar-refractivity contribution in [3.8, 4) is 0 Å². The molecule has 1 fully saturated rings. The van der Waals surface area contributed by atoms with Crippen molar-refractivity contribution >= 4 is 50.7 Å². The lowest BCUT2D eigenvalue weighted by atomic mass is 9.95. The summed E-state index contributed by atoms with van der Waals surface area (Å²) in [5, 5.41) is 3.83. The Hall–Kier alpha value is -3.14. The number of carbonyl (C=O) groups excluding carboxylic acids is 2. The van der Waals surface area contributed by atoms with Crippen LogP contribution in [-0.4, -0.2) is 43.8 Å². The van der Waals surface area contributed by atoms with Crippen LogP contribution in [0.5, 0.6) is 0 Å². The number of anilines is 1. The third-order valence-electron chi connectivity index (χ3n) is 7.42. The van der Waals surface area contributed by atoms with Gasteiger partial charge in [-0.15, -0.1) is 0 Å². The molecular formula is C31H34Cl2FN3O4S. The summed E-state index contributed by atoms with van der Waals surface area (Å²) < 4.78 is 42.3.